The van der Waals surface area contributed by atoms with Gasteiger partial charge < -0.3 is 4.74 Å². The van der Waals surface area contributed by atoms with Crippen LogP contribution in [0.25, 0.3) is 10.9 Å². The molecule has 0 saturated carbocycles. The van der Waals surface area contributed by atoms with Crippen molar-refractivity contribution in [2.24, 2.45) is 0 Å². The molecule has 0 unspecified atom stereocenters. The maximum atomic E-state index is 12.3. The van der Waals surface area contributed by atoms with Gasteiger partial charge in [-0.3, -0.25) is 14.2 Å². The zero-order valence-electron chi connectivity index (χ0n) is 11.3. The van der Waals surface area contributed by atoms with Crippen LogP contribution in [0.15, 0.2) is 29.1 Å². The van der Waals surface area contributed by atoms with E-state index in [-0.39, 0.29) is 24.3 Å². The lowest BCUT2D eigenvalue weighted by Crippen LogP contribution is -2.28. The highest BCUT2D eigenvalue weighted by molar-refractivity contribution is 5.88. The molecule has 1 aromatic heterocycles. The van der Waals surface area contributed by atoms with E-state index in [2.05, 4.69) is 0 Å². The van der Waals surface area contributed by atoms with Crippen LogP contribution < -0.4 is 5.56 Å². The van der Waals surface area contributed by atoms with Crippen LogP contribution in [0.4, 0.5) is 0 Å². The summed E-state index contributed by atoms with van der Waals surface area (Å²) in [6.45, 7) is 1.57. The molecule has 0 saturated heterocycles. The third-order valence-corrected chi connectivity index (χ3v) is 2.99. The topological polar surface area (TPSA) is 95.9 Å². The summed E-state index contributed by atoms with van der Waals surface area (Å²) >= 11 is 0. The Kier molecular flexibility index (Phi) is 4.01. The van der Waals surface area contributed by atoms with E-state index in [1.54, 1.807) is 37.3 Å². The fourth-order valence-electron chi connectivity index (χ4n) is 2.12. The minimum atomic E-state index is -0.666. The first-order chi connectivity index (χ1) is 10.1. The smallest absolute Gasteiger partial charge is 0.326 e. The van der Waals surface area contributed by atoms with Gasteiger partial charge in [0, 0.05) is 5.39 Å². The van der Waals surface area contributed by atoms with Gasteiger partial charge >= 0.3 is 5.97 Å². The molecule has 0 radical (unpaired) electrons. The average Bonchev–Trinajstić information content (AvgIpc) is 2.49. The zero-order valence-corrected chi connectivity index (χ0v) is 11.3. The molecule has 0 aliphatic carbocycles. The standard InChI is InChI=1S/C15H11N3O3/c1-2-21-14(19)9-18-13-6-4-3-5-10(13)11(7-16)12(8-17)15(18)20/h3-6H,2,9H2,1H3. The number of aromatic nitrogens is 1. The molecule has 2 aromatic rings. The van der Waals surface area contributed by atoms with Crippen molar-refractivity contribution in [3.05, 3.63) is 45.7 Å². The molecule has 2 rings (SSSR count). The Morgan fingerprint density at radius 3 is 2.52 bits per heavy atom. The number of rotatable bonds is 3. The highest BCUT2D eigenvalue weighted by atomic mass is 16.5. The third-order valence-electron chi connectivity index (χ3n) is 2.99. The van der Waals surface area contributed by atoms with Gasteiger partial charge in [0.25, 0.3) is 5.56 Å². The van der Waals surface area contributed by atoms with Crippen LogP contribution >= 0.6 is 0 Å². The van der Waals surface area contributed by atoms with Gasteiger partial charge in [0.2, 0.25) is 0 Å². The lowest BCUT2D eigenvalue weighted by atomic mass is 10.0. The number of carbonyl (C=O) groups is 1. The molecule has 0 amide bonds. The van der Waals surface area contributed by atoms with E-state index in [9.17, 15) is 14.9 Å². The minimum absolute atomic E-state index is 0.0261. The first-order valence-electron chi connectivity index (χ1n) is 6.25. The Labute approximate surface area is 120 Å². The van der Waals surface area contributed by atoms with Gasteiger partial charge in [-0.15, -0.1) is 0 Å². The lowest BCUT2D eigenvalue weighted by Gasteiger charge is -2.11. The number of carbonyl (C=O) groups excluding carboxylic acids is 1. The van der Waals surface area contributed by atoms with Crippen LogP contribution in [-0.2, 0) is 16.1 Å². The average molecular weight is 281 g/mol. The molecular formula is C15H11N3O3. The van der Waals surface area contributed by atoms with Crippen LogP contribution in [0.3, 0.4) is 0 Å². The monoisotopic (exact) mass is 281 g/mol. The number of nitriles is 2. The number of esters is 1. The maximum Gasteiger partial charge on any atom is 0.326 e. The second-order valence-corrected chi connectivity index (χ2v) is 4.19. The molecule has 0 N–H and O–H groups in total. The molecule has 1 heterocycles. The molecule has 21 heavy (non-hydrogen) atoms. The van der Waals surface area contributed by atoms with E-state index in [0.29, 0.717) is 10.9 Å². The molecule has 0 bridgehead atoms. The molecular weight excluding hydrogens is 270 g/mol. The summed E-state index contributed by atoms with van der Waals surface area (Å²) in [6, 6.07) is 10.3. The van der Waals surface area contributed by atoms with E-state index in [1.165, 1.54) is 0 Å². The summed E-state index contributed by atoms with van der Waals surface area (Å²) in [4.78, 5) is 23.9. The van der Waals surface area contributed by atoms with E-state index in [4.69, 9.17) is 10.00 Å². The highest BCUT2D eigenvalue weighted by Crippen LogP contribution is 2.19. The molecule has 104 valence electrons. The zero-order chi connectivity index (χ0) is 15.4. The van der Waals surface area contributed by atoms with Crippen molar-refractivity contribution in [2.45, 2.75) is 13.5 Å². The Morgan fingerprint density at radius 1 is 1.24 bits per heavy atom. The van der Waals surface area contributed by atoms with Crippen molar-refractivity contribution in [1.82, 2.24) is 4.57 Å². The fraction of sp³-hybridized carbons (Fsp3) is 0.200. The third kappa shape index (κ3) is 2.47. The van der Waals surface area contributed by atoms with Gasteiger partial charge in [0.1, 0.15) is 24.2 Å². The number of hydrogen-bond acceptors (Lipinski definition) is 5. The lowest BCUT2D eigenvalue weighted by molar-refractivity contribution is -0.143. The maximum absolute atomic E-state index is 12.3. The normalized spacial score (nSPS) is 9.86. The predicted octanol–water partition coefficient (Wildman–Crippen LogP) is 1.31. The Bertz CT molecular complexity index is 853. The molecule has 0 spiro atoms. The van der Waals surface area contributed by atoms with Crippen molar-refractivity contribution >= 4 is 16.9 Å². The van der Waals surface area contributed by atoms with Gasteiger partial charge in [-0.25, -0.2) is 0 Å². The molecule has 0 aliphatic rings. The second kappa shape index (κ2) is 5.89. The molecule has 0 atom stereocenters. The molecule has 0 aliphatic heterocycles. The highest BCUT2D eigenvalue weighted by Gasteiger charge is 2.18. The van der Waals surface area contributed by atoms with E-state index >= 15 is 0 Å². The van der Waals surface area contributed by atoms with Gasteiger partial charge in [-0.1, -0.05) is 18.2 Å². The molecule has 1 aromatic carbocycles. The van der Waals surface area contributed by atoms with Crippen molar-refractivity contribution < 1.29 is 9.53 Å². The number of benzene rings is 1. The largest absolute Gasteiger partial charge is 0.465 e. The van der Waals surface area contributed by atoms with Crippen molar-refractivity contribution in [3.63, 3.8) is 0 Å². The number of nitrogens with zero attached hydrogens (tertiary/aromatic N) is 3. The Morgan fingerprint density at radius 2 is 1.90 bits per heavy atom. The predicted molar refractivity (Wildman–Crippen MR) is 74.3 cm³/mol. The Hall–Kier alpha value is -3.12. The summed E-state index contributed by atoms with van der Waals surface area (Å²) in [5.74, 6) is -0.571. The number of ether oxygens (including phenoxy) is 1. The number of para-hydroxylation sites is 1. The summed E-state index contributed by atoms with van der Waals surface area (Å²) in [5, 5.41) is 18.8. The first kappa shape index (κ1) is 14.3. The van der Waals surface area contributed by atoms with E-state index < -0.39 is 11.5 Å². The SMILES string of the molecule is CCOC(=O)Cn1c(=O)c(C#N)c(C#N)c2ccccc21. The van der Waals surface area contributed by atoms with Gasteiger partial charge in [0.05, 0.1) is 17.7 Å². The second-order valence-electron chi connectivity index (χ2n) is 4.19. The fourth-order valence-corrected chi connectivity index (χ4v) is 2.12. The summed E-state index contributed by atoms with van der Waals surface area (Å²) in [7, 11) is 0. The van der Waals surface area contributed by atoms with Crippen LogP contribution in [-0.4, -0.2) is 17.1 Å². The summed E-state index contributed by atoms with van der Waals surface area (Å²) < 4.78 is 5.99. The van der Waals surface area contributed by atoms with Crippen molar-refractivity contribution in [3.8, 4) is 12.1 Å². The van der Waals surface area contributed by atoms with Crippen LogP contribution in [0.1, 0.15) is 18.1 Å². The Balaban J connectivity index is 2.80. The van der Waals surface area contributed by atoms with Gasteiger partial charge in [0.15, 0.2) is 0 Å². The first-order valence-corrected chi connectivity index (χ1v) is 6.25. The van der Waals surface area contributed by atoms with E-state index in [1.807, 2.05) is 6.07 Å². The van der Waals surface area contributed by atoms with E-state index in [0.717, 1.165) is 4.57 Å². The van der Waals surface area contributed by atoms with Gasteiger partial charge in [-0.05, 0) is 13.0 Å². The molecule has 6 heteroatoms. The van der Waals surface area contributed by atoms with Crippen LogP contribution in [0.2, 0.25) is 0 Å². The quantitative estimate of drug-likeness (QED) is 0.790. The minimum Gasteiger partial charge on any atom is -0.465 e. The van der Waals surface area contributed by atoms with Crippen LogP contribution in [0, 0.1) is 22.7 Å². The number of fused-ring (bicyclic) bond motifs is 1. The van der Waals surface area contributed by atoms with Crippen molar-refractivity contribution in [1.29, 1.82) is 10.5 Å². The van der Waals surface area contributed by atoms with Crippen LogP contribution in [0.5, 0.6) is 0 Å². The number of pyridine rings is 1. The summed E-state index contributed by atoms with van der Waals surface area (Å²) in [5.41, 5.74) is -0.481. The van der Waals surface area contributed by atoms with Crippen molar-refractivity contribution in [2.75, 3.05) is 6.61 Å². The molecule has 0 fully saturated rings. The molecule has 6 nitrogen and oxygen atoms in total. The summed E-state index contributed by atoms with van der Waals surface area (Å²) in [6.07, 6.45) is 0. The van der Waals surface area contributed by atoms with Gasteiger partial charge in [-0.2, -0.15) is 10.5 Å². The number of hydrogen-bond donors (Lipinski definition) is 0.